The zero-order chi connectivity index (χ0) is 18.0. The Morgan fingerprint density at radius 1 is 1.24 bits per heavy atom. The highest BCUT2D eigenvalue weighted by molar-refractivity contribution is 5.98. The SMILES string of the molecule is Cc1cc(N2CC3(C)CC2CC(C)(C)C3)c2cc(C(=O)O)ccc2n1. The molecule has 1 aliphatic carbocycles. The van der Waals surface area contributed by atoms with E-state index in [9.17, 15) is 9.90 Å². The van der Waals surface area contributed by atoms with Gasteiger partial charge in [-0.15, -0.1) is 0 Å². The predicted octanol–water partition coefficient (Wildman–Crippen LogP) is 4.65. The van der Waals surface area contributed by atoms with Crippen molar-refractivity contribution in [2.24, 2.45) is 10.8 Å². The molecule has 4 heteroatoms. The average molecular weight is 338 g/mol. The van der Waals surface area contributed by atoms with Gasteiger partial charge in [0.2, 0.25) is 0 Å². The number of hydrogen-bond donors (Lipinski definition) is 1. The summed E-state index contributed by atoms with van der Waals surface area (Å²) in [6.07, 6.45) is 3.65. The van der Waals surface area contributed by atoms with Crippen LogP contribution in [0.5, 0.6) is 0 Å². The van der Waals surface area contributed by atoms with Crippen molar-refractivity contribution in [2.75, 3.05) is 11.4 Å². The van der Waals surface area contributed by atoms with Crippen LogP contribution in [0.3, 0.4) is 0 Å². The van der Waals surface area contributed by atoms with E-state index < -0.39 is 5.97 Å². The molecule has 1 aromatic carbocycles. The summed E-state index contributed by atoms with van der Waals surface area (Å²) in [7, 11) is 0. The maximum atomic E-state index is 11.4. The average Bonchev–Trinajstić information content (AvgIpc) is 2.74. The fraction of sp³-hybridized carbons (Fsp3) is 0.524. The van der Waals surface area contributed by atoms with Crippen molar-refractivity contribution < 1.29 is 9.90 Å². The van der Waals surface area contributed by atoms with Gasteiger partial charge in [0, 0.05) is 29.4 Å². The molecule has 0 spiro atoms. The fourth-order valence-corrected chi connectivity index (χ4v) is 5.45. The Balaban J connectivity index is 1.86. The van der Waals surface area contributed by atoms with Crippen molar-refractivity contribution >= 4 is 22.6 Å². The van der Waals surface area contributed by atoms with Crippen LogP contribution in [0.1, 0.15) is 56.1 Å². The Morgan fingerprint density at radius 3 is 2.72 bits per heavy atom. The Hall–Kier alpha value is -2.10. The summed E-state index contributed by atoms with van der Waals surface area (Å²) in [6.45, 7) is 10.2. The normalized spacial score (nSPS) is 27.7. The summed E-state index contributed by atoms with van der Waals surface area (Å²) in [5.41, 5.74) is 4.03. The monoisotopic (exact) mass is 338 g/mol. The van der Waals surface area contributed by atoms with Crippen LogP contribution in [0.4, 0.5) is 5.69 Å². The minimum Gasteiger partial charge on any atom is -0.478 e. The largest absolute Gasteiger partial charge is 0.478 e. The first kappa shape index (κ1) is 16.4. The number of carbonyl (C=O) groups is 1. The van der Waals surface area contributed by atoms with Gasteiger partial charge >= 0.3 is 5.97 Å². The molecule has 4 rings (SSSR count). The number of aryl methyl sites for hydroxylation is 1. The van der Waals surface area contributed by atoms with Crippen molar-refractivity contribution in [1.29, 1.82) is 0 Å². The second kappa shape index (κ2) is 5.20. The smallest absolute Gasteiger partial charge is 0.335 e. The van der Waals surface area contributed by atoms with E-state index in [1.165, 1.54) is 19.3 Å². The highest BCUT2D eigenvalue weighted by atomic mass is 16.4. The first-order valence-electron chi connectivity index (χ1n) is 9.07. The number of aromatic carboxylic acids is 1. The van der Waals surface area contributed by atoms with Crippen LogP contribution >= 0.6 is 0 Å². The van der Waals surface area contributed by atoms with Gasteiger partial charge in [-0.1, -0.05) is 20.8 Å². The van der Waals surface area contributed by atoms with Crippen LogP contribution in [0.15, 0.2) is 24.3 Å². The Bertz CT molecular complexity index is 874. The minimum atomic E-state index is -0.887. The van der Waals surface area contributed by atoms with E-state index in [1.54, 1.807) is 12.1 Å². The molecule has 1 saturated carbocycles. The molecule has 2 heterocycles. The highest BCUT2D eigenvalue weighted by Gasteiger charge is 2.49. The van der Waals surface area contributed by atoms with Crippen molar-refractivity contribution in [3.8, 4) is 0 Å². The van der Waals surface area contributed by atoms with Crippen molar-refractivity contribution in [1.82, 2.24) is 4.98 Å². The van der Waals surface area contributed by atoms with Gasteiger partial charge in [0.1, 0.15) is 0 Å². The van der Waals surface area contributed by atoms with E-state index in [4.69, 9.17) is 0 Å². The topological polar surface area (TPSA) is 53.4 Å². The van der Waals surface area contributed by atoms with Crippen molar-refractivity contribution in [3.63, 3.8) is 0 Å². The number of rotatable bonds is 2. The Morgan fingerprint density at radius 2 is 2.00 bits per heavy atom. The fourth-order valence-electron chi connectivity index (χ4n) is 5.45. The first-order chi connectivity index (χ1) is 11.7. The molecule has 2 atom stereocenters. The van der Waals surface area contributed by atoms with E-state index in [2.05, 4.69) is 36.7 Å². The van der Waals surface area contributed by atoms with E-state index in [0.717, 1.165) is 28.8 Å². The number of benzene rings is 1. The van der Waals surface area contributed by atoms with Crippen LogP contribution in [0.25, 0.3) is 10.9 Å². The van der Waals surface area contributed by atoms with E-state index in [-0.39, 0.29) is 0 Å². The lowest BCUT2D eigenvalue weighted by Gasteiger charge is -2.39. The Labute approximate surface area is 148 Å². The number of hydrogen-bond acceptors (Lipinski definition) is 3. The van der Waals surface area contributed by atoms with Gasteiger partial charge in [-0.05, 0) is 61.3 Å². The summed E-state index contributed by atoms with van der Waals surface area (Å²) in [6, 6.07) is 7.92. The van der Waals surface area contributed by atoms with Gasteiger partial charge in [0.25, 0.3) is 0 Å². The van der Waals surface area contributed by atoms with Crippen LogP contribution in [0.2, 0.25) is 0 Å². The summed E-state index contributed by atoms with van der Waals surface area (Å²) in [5.74, 6) is -0.887. The van der Waals surface area contributed by atoms with Gasteiger partial charge in [0.05, 0.1) is 11.1 Å². The molecule has 4 nitrogen and oxygen atoms in total. The second-order valence-corrected chi connectivity index (χ2v) is 9.16. The lowest BCUT2D eigenvalue weighted by atomic mass is 9.65. The number of aromatic nitrogens is 1. The molecule has 1 aliphatic heterocycles. The van der Waals surface area contributed by atoms with Crippen molar-refractivity contribution in [2.45, 2.75) is 53.0 Å². The number of fused-ring (bicyclic) bond motifs is 3. The lowest BCUT2D eigenvalue weighted by molar-refractivity contribution is 0.0697. The molecule has 132 valence electrons. The molecule has 25 heavy (non-hydrogen) atoms. The maximum Gasteiger partial charge on any atom is 0.335 e. The molecule has 2 unspecified atom stereocenters. The highest BCUT2D eigenvalue weighted by Crippen LogP contribution is 2.54. The maximum absolute atomic E-state index is 11.4. The van der Waals surface area contributed by atoms with E-state index in [0.29, 0.717) is 22.4 Å². The van der Waals surface area contributed by atoms with Crippen LogP contribution in [-0.4, -0.2) is 28.6 Å². The van der Waals surface area contributed by atoms with Gasteiger partial charge in [-0.25, -0.2) is 4.79 Å². The molecular weight excluding hydrogens is 312 g/mol. The molecule has 0 amide bonds. The molecule has 2 bridgehead atoms. The third-order valence-electron chi connectivity index (χ3n) is 5.89. The number of pyridine rings is 1. The lowest BCUT2D eigenvalue weighted by Crippen LogP contribution is -2.34. The molecule has 2 aromatic rings. The van der Waals surface area contributed by atoms with Crippen LogP contribution in [-0.2, 0) is 0 Å². The molecule has 1 N–H and O–H groups in total. The Kier molecular flexibility index (Phi) is 3.40. The van der Waals surface area contributed by atoms with Gasteiger partial charge in [-0.3, -0.25) is 4.98 Å². The molecule has 0 radical (unpaired) electrons. The first-order valence-corrected chi connectivity index (χ1v) is 9.07. The van der Waals surface area contributed by atoms with E-state index in [1.807, 2.05) is 13.0 Å². The summed E-state index contributed by atoms with van der Waals surface area (Å²) < 4.78 is 0. The van der Waals surface area contributed by atoms with Gasteiger partial charge in [0.15, 0.2) is 0 Å². The predicted molar refractivity (Wildman–Crippen MR) is 100 cm³/mol. The van der Waals surface area contributed by atoms with Crippen LogP contribution < -0.4 is 4.90 Å². The zero-order valence-electron chi connectivity index (χ0n) is 15.5. The van der Waals surface area contributed by atoms with Gasteiger partial charge < -0.3 is 10.0 Å². The third kappa shape index (κ3) is 2.78. The summed E-state index contributed by atoms with van der Waals surface area (Å²) in [4.78, 5) is 18.6. The summed E-state index contributed by atoms with van der Waals surface area (Å²) >= 11 is 0. The van der Waals surface area contributed by atoms with E-state index >= 15 is 0 Å². The standard InChI is InChI=1S/C21H26N2O2/c1-13-7-18(16-8-14(19(24)25)5-6-17(16)22-13)23-12-21(4)10-15(23)9-20(2,3)11-21/h5-8,15H,9-12H2,1-4H3,(H,24,25). The van der Waals surface area contributed by atoms with Crippen LogP contribution in [0, 0.1) is 17.8 Å². The number of anilines is 1. The second-order valence-electron chi connectivity index (χ2n) is 9.16. The summed E-state index contributed by atoms with van der Waals surface area (Å²) in [5, 5.41) is 10.3. The molecule has 2 fully saturated rings. The number of carboxylic acids is 1. The number of carboxylic acid groups (broad SMARTS) is 1. The molecule has 2 aliphatic rings. The quantitative estimate of drug-likeness (QED) is 0.866. The molecule has 1 saturated heterocycles. The zero-order valence-corrected chi connectivity index (χ0v) is 15.5. The minimum absolute atomic E-state index is 0.327. The molecule has 1 aromatic heterocycles. The van der Waals surface area contributed by atoms with Crippen molar-refractivity contribution in [3.05, 3.63) is 35.5 Å². The number of nitrogens with zero attached hydrogens (tertiary/aromatic N) is 2. The third-order valence-corrected chi connectivity index (χ3v) is 5.89. The van der Waals surface area contributed by atoms with Gasteiger partial charge in [-0.2, -0.15) is 0 Å². The molecular formula is C21H26N2O2.